The standard InChI is InChI=1S/C22H25NO6/c1-26-18-12-16(21(24)23-11-7-10-17(23)22(25)28-3)13-19(27-2)20(18)29-14-15-8-5-4-6-9-15/h4-6,8-9,12-13,17H,7,10-11,14H2,1-3H3/t17-/m0/s1. The van der Waals surface area contributed by atoms with Gasteiger partial charge in [-0.2, -0.15) is 0 Å². The van der Waals surface area contributed by atoms with Gasteiger partial charge in [0.15, 0.2) is 11.5 Å². The van der Waals surface area contributed by atoms with Gasteiger partial charge in [-0.05, 0) is 30.5 Å². The van der Waals surface area contributed by atoms with Crippen molar-refractivity contribution < 1.29 is 28.5 Å². The Kier molecular flexibility index (Phi) is 6.59. The number of benzene rings is 2. The molecule has 0 radical (unpaired) electrons. The van der Waals surface area contributed by atoms with E-state index in [0.29, 0.717) is 42.4 Å². The fraction of sp³-hybridized carbons (Fsp3) is 0.364. The number of ether oxygens (including phenoxy) is 4. The maximum atomic E-state index is 13.1. The summed E-state index contributed by atoms with van der Waals surface area (Å²) in [6.07, 6.45) is 1.34. The number of nitrogens with zero attached hydrogens (tertiary/aromatic N) is 1. The summed E-state index contributed by atoms with van der Waals surface area (Å²) in [6.45, 7) is 0.826. The minimum absolute atomic E-state index is 0.274. The maximum Gasteiger partial charge on any atom is 0.328 e. The molecule has 0 aliphatic carbocycles. The van der Waals surface area contributed by atoms with Crippen LogP contribution in [0.25, 0.3) is 0 Å². The van der Waals surface area contributed by atoms with Crippen LogP contribution < -0.4 is 14.2 Å². The van der Waals surface area contributed by atoms with Crippen LogP contribution in [0.15, 0.2) is 42.5 Å². The van der Waals surface area contributed by atoms with Crippen molar-refractivity contribution in [1.29, 1.82) is 0 Å². The van der Waals surface area contributed by atoms with Crippen LogP contribution >= 0.6 is 0 Å². The van der Waals surface area contributed by atoms with E-state index in [9.17, 15) is 9.59 Å². The van der Waals surface area contributed by atoms with Gasteiger partial charge in [-0.3, -0.25) is 4.79 Å². The first-order chi connectivity index (χ1) is 14.1. The zero-order valence-corrected chi connectivity index (χ0v) is 16.8. The van der Waals surface area contributed by atoms with Gasteiger partial charge in [0.1, 0.15) is 12.6 Å². The Bertz CT molecular complexity index is 842. The molecule has 1 heterocycles. The average Bonchev–Trinajstić information content (AvgIpc) is 3.26. The second-order valence-electron chi connectivity index (χ2n) is 6.66. The van der Waals surface area contributed by atoms with Crippen molar-refractivity contribution >= 4 is 11.9 Å². The molecule has 3 rings (SSSR count). The second kappa shape index (κ2) is 9.32. The van der Waals surface area contributed by atoms with E-state index < -0.39 is 12.0 Å². The molecule has 1 aliphatic heterocycles. The van der Waals surface area contributed by atoms with Crippen LogP contribution in [0.5, 0.6) is 17.2 Å². The minimum atomic E-state index is -0.571. The number of carbonyl (C=O) groups is 2. The van der Waals surface area contributed by atoms with Gasteiger partial charge in [-0.1, -0.05) is 30.3 Å². The van der Waals surface area contributed by atoms with E-state index >= 15 is 0 Å². The molecule has 0 bridgehead atoms. The van der Waals surface area contributed by atoms with Gasteiger partial charge in [0.2, 0.25) is 5.75 Å². The highest BCUT2D eigenvalue weighted by atomic mass is 16.5. The predicted octanol–water partition coefficient (Wildman–Crippen LogP) is 3.06. The Morgan fingerprint density at radius 3 is 2.28 bits per heavy atom. The smallest absolute Gasteiger partial charge is 0.328 e. The first kappa shape index (κ1) is 20.5. The Balaban J connectivity index is 1.87. The van der Waals surface area contributed by atoms with Gasteiger partial charge in [-0.25, -0.2) is 4.79 Å². The van der Waals surface area contributed by atoms with Crippen molar-refractivity contribution in [3.8, 4) is 17.2 Å². The van der Waals surface area contributed by atoms with E-state index in [0.717, 1.165) is 12.0 Å². The van der Waals surface area contributed by atoms with Gasteiger partial charge >= 0.3 is 5.97 Å². The van der Waals surface area contributed by atoms with E-state index in [1.807, 2.05) is 30.3 Å². The summed E-state index contributed by atoms with van der Waals surface area (Å²) < 4.78 is 21.7. The number of hydrogen-bond acceptors (Lipinski definition) is 6. The molecule has 7 heteroatoms. The lowest BCUT2D eigenvalue weighted by molar-refractivity contribution is -0.145. The van der Waals surface area contributed by atoms with Gasteiger partial charge in [0.05, 0.1) is 21.3 Å². The molecule has 0 N–H and O–H groups in total. The molecule has 29 heavy (non-hydrogen) atoms. The molecule has 1 fully saturated rings. The molecule has 2 aromatic carbocycles. The molecule has 0 spiro atoms. The van der Waals surface area contributed by atoms with Gasteiger partial charge in [-0.15, -0.1) is 0 Å². The molecular formula is C22H25NO6. The molecule has 1 aliphatic rings. The highest BCUT2D eigenvalue weighted by Crippen LogP contribution is 2.39. The lowest BCUT2D eigenvalue weighted by atomic mass is 10.1. The zero-order valence-electron chi connectivity index (χ0n) is 16.8. The topological polar surface area (TPSA) is 74.3 Å². The first-order valence-electron chi connectivity index (χ1n) is 9.40. The van der Waals surface area contributed by atoms with Crippen LogP contribution in [-0.4, -0.2) is 50.7 Å². The lowest BCUT2D eigenvalue weighted by Gasteiger charge is -2.23. The van der Waals surface area contributed by atoms with Crippen molar-refractivity contribution in [3.63, 3.8) is 0 Å². The fourth-order valence-corrected chi connectivity index (χ4v) is 3.43. The third-order valence-corrected chi connectivity index (χ3v) is 4.92. The van der Waals surface area contributed by atoms with Crippen LogP contribution in [0.2, 0.25) is 0 Å². The molecule has 0 aromatic heterocycles. The third kappa shape index (κ3) is 4.45. The van der Waals surface area contributed by atoms with Gasteiger partial charge < -0.3 is 23.8 Å². The number of carbonyl (C=O) groups excluding carboxylic acids is 2. The molecular weight excluding hydrogens is 374 g/mol. The van der Waals surface area contributed by atoms with Crippen molar-refractivity contribution in [2.24, 2.45) is 0 Å². The molecule has 0 saturated carbocycles. The molecule has 2 aromatic rings. The Morgan fingerprint density at radius 1 is 1.03 bits per heavy atom. The maximum absolute atomic E-state index is 13.1. The normalized spacial score (nSPS) is 15.7. The van der Waals surface area contributed by atoms with E-state index in [1.165, 1.54) is 26.2 Å². The zero-order chi connectivity index (χ0) is 20.8. The fourth-order valence-electron chi connectivity index (χ4n) is 3.43. The second-order valence-corrected chi connectivity index (χ2v) is 6.66. The SMILES string of the molecule is COC(=O)[C@@H]1CCCN1C(=O)c1cc(OC)c(OCc2ccccc2)c(OC)c1. The number of likely N-dealkylation sites (tertiary alicyclic amines) is 1. The number of hydrogen-bond donors (Lipinski definition) is 0. The Morgan fingerprint density at radius 2 is 1.69 bits per heavy atom. The number of methoxy groups -OCH3 is 3. The minimum Gasteiger partial charge on any atom is -0.493 e. The molecule has 7 nitrogen and oxygen atoms in total. The quantitative estimate of drug-likeness (QED) is 0.666. The van der Waals surface area contributed by atoms with Crippen LogP contribution in [0, 0.1) is 0 Å². The van der Waals surface area contributed by atoms with Crippen molar-refractivity contribution in [3.05, 3.63) is 53.6 Å². The number of amides is 1. The van der Waals surface area contributed by atoms with E-state index in [1.54, 1.807) is 12.1 Å². The van der Waals surface area contributed by atoms with Crippen LogP contribution in [0.1, 0.15) is 28.8 Å². The van der Waals surface area contributed by atoms with Crippen molar-refractivity contribution in [2.45, 2.75) is 25.5 Å². The Labute approximate surface area is 170 Å². The number of esters is 1. The van der Waals surface area contributed by atoms with Crippen LogP contribution in [0.3, 0.4) is 0 Å². The Hall–Kier alpha value is -3.22. The van der Waals surface area contributed by atoms with E-state index in [2.05, 4.69) is 0 Å². The monoisotopic (exact) mass is 399 g/mol. The average molecular weight is 399 g/mol. The predicted molar refractivity (Wildman–Crippen MR) is 106 cm³/mol. The molecule has 1 saturated heterocycles. The molecule has 1 atom stereocenters. The number of rotatable bonds is 7. The molecule has 1 amide bonds. The van der Waals surface area contributed by atoms with Crippen LogP contribution in [-0.2, 0) is 16.1 Å². The van der Waals surface area contributed by atoms with Crippen molar-refractivity contribution in [2.75, 3.05) is 27.9 Å². The highest BCUT2D eigenvalue weighted by molar-refractivity contribution is 5.98. The van der Waals surface area contributed by atoms with Gasteiger partial charge in [0, 0.05) is 12.1 Å². The molecule has 0 unspecified atom stereocenters. The summed E-state index contributed by atoms with van der Waals surface area (Å²) >= 11 is 0. The molecule has 154 valence electrons. The first-order valence-corrected chi connectivity index (χ1v) is 9.40. The van der Waals surface area contributed by atoms with Crippen molar-refractivity contribution in [1.82, 2.24) is 4.90 Å². The summed E-state index contributed by atoms with van der Waals surface area (Å²) in [5.41, 5.74) is 1.36. The summed E-state index contributed by atoms with van der Waals surface area (Å²) in [5.74, 6) is 0.512. The highest BCUT2D eigenvalue weighted by Gasteiger charge is 2.36. The summed E-state index contributed by atoms with van der Waals surface area (Å²) in [4.78, 5) is 26.6. The van der Waals surface area contributed by atoms with Gasteiger partial charge in [0.25, 0.3) is 5.91 Å². The van der Waals surface area contributed by atoms with E-state index in [4.69, 9.17) is 18.9 Å². The largest absolute Gasteiger partial charge is 0.493 e. The third-order valence-electron chi connectivity index (χ3n) is 4.92. The summed E-state index contributed by atoms with van der Waals surface area (Å²) in [5, 5.41) is 0. The summed E-state index contributed by atoms with van der Waals surface area (Å²) in [7, 11) is 4.34. The van der Waals surface area contributed by atoms with E-state index in [-0.39, 0.29) is 5.91 Å². The summed E-state index contributed by atoms with van der Waals surface area (Å²) in [6, 6.07) is 12.4. The lowest BCUT2D eigenvalue weighted by Crippen LogP contribution is -2.41. The van der Waals surface area contributed by atoms with Crippen LogP contribution in [0.4, 0.5) is 0 Å².